The van der Waals surface area contributed by atoms with E-state index in [9.17, 15) is 4.79 Å². The van der Waals surface area contributed by atoms with E-state index in [2.05, 4.69) is 35.2 Å². The maximum Gasteiger partial charge on any atom is 0.253 e. The highest BCUT2D eigenvalue weighted by atomic mass is 16.1. The quantitative estimate of drug-likeness (QED) is 0.944. The first kappa shape index (κ1) is 15.9. The average molecular weight is 311 g/mol. The van der Waals surface area contributed by atoms with Gasteiger partial charge in [0.1, 0.15) is 0 Å². The SMILES string of the molecule is Cc1ccc2nc(C)c(C(=O)NCC[C@@H]3CCCN3C)cc2c1. The fraction of sp³-hybridized carbons (Fsp3) is 0.474. The molecule has 4 nitrogen and oxygen atoms in total. The number of hydrogen-bond acceptors (Lipinski definition) is 3. The molecule has 1 fully saturated rings. The lowest BCUT2D eigenvalue weighted by Gasteiger charge is -2.19. The third-order valence-electron chi connectivity index (χ3n) is 4.84. The number of fused-ring (bicyclic) bond motifs is 1. The van der Waals surface area contributed by atoms with Crippen molar-refractivity contribution < 1.29 is 4.79 Å². The Kier molecular flexibility index (Phi) is 4.62. The van der Waals surface area contributed by atoms with Crippen LogP contribution in [0.4, 0.5) is 0 Å². The molecule has 0 radical (unpaired) electrons. The second-order valence-corrected chi connectivity index (χ2v) is 6.64. The van der Waals surface area contributed by atoms with Crippen LogP contribution in [0.5, 0.6) is 0 Å². The van der Waals surface area contributed by atoms with Crippen molar-refractivity contribution in [2.24, 2.45) is 0 Å². The largest absolute Gasteiger partial charge is 0.352 e. The van der Waals surface area contributed by atoms with Crippen LogP contribution in [0.1, 0.15) is 40.9 Å². The molecule has 1 atom stereocenters. The van der Waals surface area contributed by atoms with E-state index in [0.29, 0.717) is 11.6 Å². The number of benzene rings is 1. The van der Waals surface area contributed by atoms with Gasteiger partial charge < -0.3 is 10.2 Å². The lowest BCUT2D eigenvalue weighted by Crippen LogP contribution is -2.32. The smallest absolute Gasteiger partial charge is 0.253 e. The number of nitrogens with one attached hydrogen (secondary N) is 1. The normalized spacial score (nSPS) is 18.5. The molecule has 0 aliphatic carbocycles. The van der Waals surface area contributed by atoms with Gasteiger partial charge >= 0.3 is 0 Å². The Morgan fingerprint density at radius 3 is 2.91 bits per heavy atom. The van der Waals surface area contributed by atoms with Gasteiger partial charge in [-0.3, -0.25) is 9.78 Å². The lowest BCUT2D eigenvalue weighted by atomic mass is 10.1. The molecule has 122 valence electrons. The molecule has 2 heterocycles. The molecule has 0 bridgehead atoms. The minimum absolute atomic E-state index is 0.0148. The van der Waals surface area contributed by atoms with Crippen molar-refractivity contribution in [3.05, 3.63) is 41.1 Å². The molecule has 0 unspecified atom stereocenters. The average Bonchev–Trinajstić information content (AvgIpc) is 2.92. The Morgan fingerprint density at radius 1 is 1.35 bits per heavy atom. The number of carbonyl (C=O) groups excluding carboxylic acids is 1. The van der Waals surface area contributed by atoms with Crippen LogP contribution >= 0.6 is 0 Å². The number of amides is 1. The summed E-state index contributed by atoms with van der Waals surface area (Å²) in [7, 11) is 2.17. The van der Waals surface area contributed by atoms with Crippen LogP contribution in [-0.2, 0) is 0 Å². The van der Waals surface area contributed by atoms with Crippen LogP contribution in [0, 0.1) is 13.8 Å². The Morgan fingerprint density at radius 2 is 2.17 bits per heavy atom. The van der Waals surface area contributed by atoms with Gasteiger partial charge in [0.2, 0.25) is 0 Å². The number of nitrogens with zero attached hydrogens (tertiary/aromatic N) is 2. The number of likely N-dealkylation sites (tertiary alicyclic amines) is 1. The van der Waals surface area contributed by atoms with Gasteiger partial charge in [-0.05, 0) is 64.9 Å². The van der Waals surface area contributed by atoms with Gasteiger partial charge in [0.15, 0.2) is 0 Å². The molecule has 23 heavy (non-hydrogen) atoms. The molecule has 1 aliphatic heterocycles. The van der Waals surface area contributed by atoms with E-state index in [1.54, 1.807) is 0 Å². The van der Waals surface area contributed by atoms with Gasteiger partial charge in [-0.25, -0.2) is 0 Å². The number of aromatic nitrogens is 1. The molecule has 1 aromatic carbocycles. The Labute approximate surface area is 137 Å². The number of pyridine rings is 1. The van der Waals surface area contributed by atoms with Crippen molar-refractivity contribution in [2.45, 2.75) is 39.2 Å². The van der Waals surface area contributed by atoms with E-state index in [1.807, 2.05) is 25.1 Å². The summed E-state index contributed by atoms with van der Waals surface area (Å²) in [5.74, 6) is -0.0148. The summed E-state index contributed by atoms with van der Waals surface area (Å²) in [6, 6.07) is 8.70. The molecule has 2 aromatic rings. The third-order valence-corrected chi connectivity index (χ3v) is 4.84. The molecule has 1 amide bonds. The van der Waals surface area contributed by atoms with Crippen LogP contribution in [0.3, 0.4) is 0 Å². The maximum atomic E-state index is 12.5. The van der Waals surface area contributed by atoms with Crippen LogP contribution in [0.15, 0.2) is 24.3 Å². The van der Waals surface area contributed by atoms with Gasteiger partial charge in [-0.15, -0.1) is 0 Å². The maximum absolute atomic E-state index is 12.5. The van der Waals surface area contributed by atoms with Gasteiger partial charge in [0.05, 0.1) is 16.8 Å². The molecule has 0 spiro atoms. The Bertz CT molecular complexity index is 726. The minimum atomic E-state index is -0.0148. The van der Waals surface area contributed by atoms with E-state index < -0.39 is 0 Å². The van der Waals surface area contributed by atoms with E-state index in [0.717, 1.165) is 29.6 Å². The molecule has 0 saturated carbocycles. The summed E-state index contributed by atoms with van der Waals surface area (Å²) in [6.07, 6.45) is 3.52. The first-order valence-electron chi connectivity index (χ1n) is 8.41. The van der Waals surface area contributed by atoms with Crippen molar-refractivity contribution >= 4 is 16.8 Å². The van der Waals surface area contributed by atoms with Gasteiger partial charge in [0.25, 0.3) is 5.91 Å². The zero-order chi connectivity index (χ0) is 16.4. The zero-order valence-electron chi connectivity index (χ0n) is 14.2. The molecule has 1 saturated heterocycles. The summed E-state index contributed by atoms with van der Waals surface area (Å²) in [5, 5.41) is 4.09. The summed E-state index contributed by atoms with van der Waals surface area (Å²) in [5.41, 5.74) is 3.59. The molecule has 1 aliphatic rings. The second kappa shape index (κ2) is 6.67. The predicted octanol–water partition coefficient (Wildman–Crippen LogP) is 3.07. The fourth-order valence-electron chi connectivity index (χ4n) is 3.41. The first-order valence-corrected chi connectivity index (χ1v) is 8.41. The van der Waals surface area contributed by atoms with E-state index in [-0.39, 0.29) is 5.91 Å². The molecular weight excluding hydrogens is 286 g/mol. The second-order valence-electron chi connectivity index (χ2n) is 6.64. The van der Waals surface area contributed by atoms with Gasteiger partial charge in [0, 0.05) is 18.0 Å². The highest BCUT2D eigenvalue weighted by Gasteiger charge is 2.20. The Hall–Kier alpha value is -1.94. The lowest BCUT2D eigenvalue weighted by molar-refractivity contribution is 0.0949. The topological polar surface area (TPSA) is 45.2 Å². The molecule has 4 heteroatoms. The first-order chi connectivity index (χ1) is 11.0. The summed E-state index contributed by atoms with van der Waals surface area (Å²) in [6.45, 7) is 5.85. The number of rotatable bonds is 4. The van der Waals surface area contributed by atoms with Crippen LogP contribution in [-0.4, -0.2) is 42.0 Å². The highest BCUT2D eigenvalue weighted by Crippen LogP contribution is 2.19. The monoisotopic (exact) mass is 311 g/mol. The molecule has 1 aromatic heterocycles. The molecule has 3 rings (SSSR count). The van der Waals surface area contributed by atoms with Crippen LogP contribution in [0.25, 0.3) is 10.9 Å². The summed E-state index contributed by atoms with van der Waals surface area (Å²) >= 11 is 0. The zero-order valence-corrected chi connectivity index (χ0v) is 14.2. The van der Waals surface area contributed by atoms with Crippen molar-refractivity contribution in [2.75, 3.05) is 20.1 Å². The van der Waals surface area contributed by atoms with Crippen molar-refractivity contribution in [3.8, 4) is 0 Å². The number of carbonyl (C=O) groups is 1. The fourth-order valence-corrected chi connectivity index (χ4v) is 3.41. The van der Waals surface area contributed by atoms with Crippen molar-refractivity contribution in [3.63, 3.8) is 0 Å². The van der Waals surface area contributed by atoms with Crippen LogP contribution < -0.4 is 5.32 Å². The summed E-state index contributed by atoms with van der Waals surface area (Å²) in [4.78, 5) is 19.4. The van der Waals surface area contributed by atoms with E-state index in [1.165, 1.54) is 24.9 Å². The number of hydrogen-bond donors (Lipinski definition) is 1. The predicted molar refractivity (Wildman–Crippen MR) is 93.8 cm³/mol. The minimum Gasteiger partial charge on any atom is -0.352 e. The Balaban J connectivity index is 1.69. The van der Waals surface area contributed by atoms with Gasteiger partial charge in [-0.2, -0.15) is 0 Å². The van der Waals surface area contributed by atoms with Crippen molar-refractivity contribution in [1.29, 1.82) is 0 Å². The molecular formula is C19H25N3O. The van der Waals surface area contributed by atoms with Crippen LogP contribution in [0.2, 0.25) is 0 Å². The third kappa shape index (κ3) is 3.53. The highest BCUT2D eigenvalue weighted by molar-refractivity contribution is 5.98. The standard InChI is InChI=1S/C19H25N3O/c1-13-6-7-18-15(11-13)12-17(14(2)21-18)19(23)20-9-8-16-5-4-10-22(16)3/h6-7,11-12,16H,4-5,8-10H2,1-3H3,(H,20,23)/t16-/m0/s1. The van der Waals surface area contributed by atoms with E-state index in [4.69, 9.17) is 0 Å². The molecule has 1 N–H and O–H groups in total. The van der Waals surface area contributed by atoms with Gasteiger partial charge in [-0.1, -0.05) is 11.6 Å². The van der Waals surface area contributed by atoms with E-state index >= 15 is 0 Å². The number of aryl methyl sites for hydroxylation is 2. The van der Waals surface area contributed by atoms with Crippen molar-refractivity contribution in [1.82, 2.24) is 15.2 Å². The summed E-state index contributed by atoms with van der Waals surface area (Å²) < 4.78 is 0.